The summed E-state index contributed by atoms with van der Waals surface area (Å²) in [5, 5.41) is 0. The minimum Gasteiger partial charge on any atom is -0.361 e. The number of morpholine rings is 1. The van der Waals surface area contributed by atoms with E-state index in [4.69, 9.17) is 4.74 Å². The molecule has 6 heteroatoms. The van der Waals surface area contributed by atoms with Crippen LogP contribution in [0.3, 0.4) is 0 Å². The highest BCUT2D eigenvalue weighted by Gasteiger charge is 2.44. The summed E-state index contributed by atoms with van der Waals surface area (Å²) in [6.45, 7) is 1.78. The Balaban J connectivity index is 1.48. The van der Waals surface area contributed by atoms with Crippen LogP contribution >= 0.6 is 0 Å². The average molecular weight is 365 g/mol. The Labute approximate surface area is 158 Å². The lowest BCUT2D eigenvalue weighted by molar-refractivity contribution is -0.153. The molecular weight excluding hydrogens is 342 g/mol. The van der Waals surface area contributed by atoms with E-state index in [1.54, 1.807) is 17.3 Å². The number of para-hydroxylation sites is 1. The first-order valence-corrected chi connectivity index (χ1v) is 9.31. The van der Waals surface area contributed by atoms with Crippen LogP contribution in [0.5, 0.6) is 0 Å². The van der Waals surface area contributed by atoms with E-state index in [2.05, 4.69) is 4.98 Å². The number of hydrogen-bond donors (Lipinski definition) is 0. The van der Waals surface area contributed by atoms with Crippen molar-refractivity contribution in [3.05, 3.63) is 60.4 Å². The van der Waals surface area contributed by atoms with Crippen LogP contribution in [0.25, 0.3) is 0 Å². The van der Waals surface area contributed by atoms with E-state index in [-0.39, 0.29) is 18.4 Å². The van der Waals surface area contributed by atoms with Crippen molar-refractivity contribution in [3.8, 4) is 0 Å². The molecule has 0 saturated carbocycles. The quantitative estimate of drug-likeness (QED) is 0.835. The van der Waals surface area contributed by atoms with Gasteiger partial charge in [0.1, 0.15) is 12.2 Å². The van der Waals surface area contributed by atoms with Gasteiger partial charge in [-0.1, -0.05) is 24.3 Å². The molecule has 0 N–H and O–H groups in total. The van der Waals surface area contributed by atoms with Crippen LogP contribution < -0.4 is 4.90 Å². The van der Waals surface area contributed by atoms with Crippen molar-refractivity contribution in [1.82, 2.24) is 9.88 Å². The molecule has 2 aliphatic rings. The lowest BCUT2D eigenvalue weighted by Gasteiger charge is -2.47. The van der Waals surface area contributed by atoms with Crippen molar-refractivity contribution < 1.29 is 14.3 Å². The Morgan fingerprint density at radius 3 is 2.78 bits per heavy atom. The van der Waals surface area contributed by atoms with E-state index < -0.39 is 5.60 Å². The second kappa shape index (κ2) is 7.48. The first-order chi connectivity index (χ1) is 13.2. The lowest BCUT2D eigenvalue weighted by Crippen LogP contribution is -2.62. The van der Waals surface area contributed by atoms with Crippen molar-refractivity contribution in [2.45, 2.75) is 24.9 Å². The number of aromatic nitrogens is 1. The average Bonchev–Trinajstić information content (AvgIpc) is 2.72. The summed E-state index contributed by atoms with van der Waals surface area (Å²) >= 11 is 0. The van der Waals surface area contributed by atoms with Crippen molar-refractivity contribution in [2.24, 2.45) is 0 Å². The molecule has 0 aliphatic carbocycles. The van der Waals surface area contributed by atoms with Gasteiger partial charge in [0.25, 0.3) is 5.91 Å². The molecule has 4 rings (SSSR count). The smallest absolute Gasteiger partial charge is 0.253 e. The van der Waals surface area contributed by atoms with Crippen LogP contribution in [0.1, 0.15) is 18.4 Å². The molecule has 6 nitrogen and oxygen atoms in total. The molecule has 1 spiro atoms. The summed E-state index contributed by atoms with van der Waals surface area (Å²) in [6.07, 6.45) is 5.49. The normalized spacial score (nSPS) is 22.9. The molecule has 1 atom stereocenters. The number of hydrogen-bond acceptors (Lipinski definition) is 4. The monoisotopic (exact) mass is 365 g/mol. The molecule has 2 aliphatic heterocycles. The predicted molar refractivity (Wildman–Crippen MR) is 101 cm³/mol. The van der Waals surface area contributed by atoms with Crippen LogP contribution in [-0.2, 0) is 20.7 Å². The van der Waals surface area contributed by atoms with E-state index in [9.17, 15) is 9.59 Å². The Morgan fingerprint density at radius 2 is 2.00 bits per heavy atom. The van der Waals surface area contributed by atoms with Crippen molar-refractivity contribution in [3.63, 3.8) is 0 Å². The van der Waals surface area contributed by atoms with Crippen LogP contribution in [0.15, 0.2) is 54.9 Å². The van der Waals surface area contributed by atoms with E-state index >= 15 is 0 Å². The molecule has 1 aromatic carbocycles. The maximum Gasteiger partial charge on any atom is 0.253 e. The molecule has 1 unspecified atom stereocenters. The highest BCUT2D eigenvalue weighted by molar-refractivity contribution is 5.95. The fourth-order valence-electron chi connectivity index (χ4n) is 3.90. The Hall–Kier alpha value is -2.73. The molecule has 140 valence electrons. The maximum absolute atomic E-state index is 12.8. The fraction of sp³-hybridized carbons (Fsp3) is 0.381. The zero-order valence-electron chi connectivity index (χ0n) is 15.2. The third-order valence-electron chi connectivity index (χ3n) is 5.29. The number of anilines is 1. The van der Waals surface area contributed by atoms with E-state index in [1.807, 2.05) is 47.4 Å². The van der Waals surface area contributed by atoms with Crippen LogP contribution in [0.2, 0.25) is 0 Å². The van der Waals surface area contributed by atoms with Gasteiger partial charge in [-0.2, -0.15) is 0 Å². The number of pyridine rings is 1. The largest absolute Gasteiger partial charge is 0.361 e. The number of likely N-dealkylation sites (tertiary alicyclic amines) is 1. The molecule has 2 fully saturated rings. The van der Waals surface area contributed by atoms with Crippen molar-refractivity contribution in [1.29, 1.82) is 0 Å². The number of nitrogens with zero attached hydrogens (tertiary/aromatic N) is 3. The van der Waals surface area contributed by atoms with Gasteiger partial charge in [0, 0.05) is 24.6 Å². The highest BCUT2D eigenvalue weighted by Crippen LogP contribution is 2.32. The summed E-state index contributed by atoms with van der Waals surface area (Å²) in [5.41, 5.74) is 1.30. The summed E-state index contributed by atoms with van der Waals surface area (Å²) in [6, 6.07) is 13.4. The van der Waals surface area contributed by atoms with Crippen LogP contribution in [0, 0.1) is 0 Å². The molecule has 1 aromatic heterocycles. The third kappa shape index (κ3) is 3.85. The Kier molecular flexibility index (Phi) is 4.90. The molecule has 27 heavy (non-hydrogen) atoms. The van der Waals surface area contributed by atoms with E-state index in [0.29, 0.717) is 19.5 Å². The second-order valence-electron chi connectivity index (χ2n) is 7.24. The van der Waals surface area contributed by atoms with Gasteiger partial charge in [0.2, 0.25) is 5.91 Å². The lowest BCUT2D eigenvalue weighted by atomic mass is 9.90. The Bertz CT molecular complexity index is 812. The zero-order valence-corrected chi connectivity index (χ0v) is 15.2. The minimum atomic E-state index is -0.493. The number of benzene rings is 1. The van der Waals surface area contributed by atoms with Gasteiger partial charge in [0.05, 0.1) is 19.5 Å². The number of piperidine rings is 1. The number of ether oxygens (including phenoxy) is 1. The second-order valence-corrected chi connectivity index (χ2v) is 7.24. The van der Waals surface area contributed by atoms with Gasteiger partial charge in [0.15, 0.2) is 0 Å². The molecule has 2 saturated heterocycles. The fourth-order valence-corrected chi connectivity index (χ4v) is 3.90. The SMILES string of the molecule is O=C(Cc1cccnc1)N1CCCC2(C1)CN(c1ccccc1)C(=O)CO2. The zero-order chi connectivity index (χ0) is 18.7. The first kappa shape index (κ1) is 17.7. The van der Waals surface area contributed by atoms with Gasteiger partial charge in [-0.15, -0.1) is 0 Å². The molecule has 0 radical (unpaired) electrons. The molecule has 3 heterocycles. The maximum atomic E-state index is 12.8. The van der Waals surface area contributed by atoms with Crippen LogP contribution in [-0.4, -0.2) is 53.5 Å². The summed E-state index contributed by atoms with van der Waals surface area (Å²) < 4.78 is 6.00. The molecule has 0 bridgehead atoms. The van der Waals surface area contributed by atoms with Crippen molar-refractivity contribution in [2.75, 3.05) is 31.1 Å². The first-order valence-electron chi connectivity index (χ1n) is 9.31. The standard InChI is InChI=1S/C21H23N3O3/c25-19(12-17-6-4-10-22-13-17)23-11-5-9-21(15-23)16-24(20(26)14-27-21)18-7-2-1-3-8-18/h1-4,6-8,10,13H,5,9,11-12,14-16H2. The number of carbonyl (C=O) groups excluding carboxylic acids is 2. The van der Waals surface area contributed by atoms with Gasteiger partial charge in [-0.25, -0.2) is 0 Å². The number of carbonyl (C=O) groups is 2. The molecule has 2 amide bonds. The van der Waals surface area contributed by atoms with Gasteiger partial charge in [-0.3, -0.25) is 14.6 Å². The Morgan fingerprint density at radius 1 is 1.15 bits per heavy atom. The summed E-state index contributed by atoms with van der Waals surface area (Å²) in [7, 11) is 0. The third-order valence-corrected chi connectivity index (χ3v) is 5.29. The van der Waals surface area contributed by atoms with E-state index in [1.165, 1.54) is 0 Å². The van der Waals surface area contributed by atoms with Crippen molar-refractivity contribution >= 4 is 17.5 Å². The van der Waals surface area contributed by atoms with Gasteiger partial charge in [-0.05, 0) is 36.6 Å². The van der Waals surface area contributed by atoms with Gasteiger partial charge < -0.3 is 14.5 Å². The highest BCUT2D eigenvalue weighted by atomic mass is 16.5. The minimum absolute atomic E-state index is 0.0364. The number of amides is 2. The summed E-state index contributed by atoms with van der Waals surface area (Å²) in [4.78, 5) is 32.9. The topological polar surface area (TPSA) is 62.7 Å². The predicted octanol–water partition coefficient (Wildman–Crippen LogP) is 2.05. The van der Waals surface area contributed by atoms with Gasteiger partial charge >= 0.3 is 0 Å². The van der Waals surface area contributed by atoms with Crippen LogP contribution in [0.4, 0.5) is 5.69 Å². The molecular formula is C21H23N3O3. The molecule has 2 aromatic rings. The summed E-state index contributed by atoms with van der Waals surface area (Å²) in [5.74, 6) is 0.0412. The number of rotatable bonds is 3. The van der Waals surface area contributed by atoms with E-state index in [0.717, 1.165) is 30.6 Å².